The van der Waals surface area contributed by atoms with Crippen LogP contribution in [0, 0.1) is 0 Å². The number of aryl methyl sites for hydroxylation is 1. The topological polar surface area (TPSA) is 59.8 Å². The standard InChI is InChI=1S/C12H14N4O/c1-16-9-11(8-15-16)7-14-12(17)6-10-2-4-13-5-3-10/h2-5,8-9H,6-7H2,1H3,(H,14,17). The summed E-state index contributed by atoms with van der Waals surface area (Å²) in [6.07, 6.45) is 7.37. The molecule has 5 heteroatoms. The molecule has 88 valence electrons. The Hall–Kier alpha value is -2.17. The number of hydrogen-bond donors (Lipinski definition) is 1. The van der Waals surface area contributed by atoms with E-state index in [4.69, 9.17) is 0 Å². The van der Waals surface area contributed by atoms with Crippen molar-refractivity contribution in [1.29, 1.82) is 0 Å². The highest BCUT2D eigenvalue weighted by atomic mass is 16.1. The third-order valence-corrected chi connectivity index (χ3v) is 2.36. The summed E-state index contributed by atoms with van der Waals surface area (Å²) < 4.78 is 1.71. The van der Waals surface area contributed by atoms with Crippen LogP contribution < -0.4 is 5.32 Å². The molecule has 17 heavy (non-hydrogen) atoms. The van der Waals surface area contributed by atoms with Gasteiger partial charge in [0.2, 0.25) is 5.91 Å². The van der Waals surface area contributed by atoms with Crippen molar-refractivity contribution in [2.24, 2.45) is 7.05 Å². The van der Waals surface area contributed by atoms with E-state index in [1.807, 2.05) is 25.4 Å². The van der Waals surface area contributed by atoms with Gasteiger partial charge in [0.15, 0.2) is 0 Å². The van der Waals surface area contributed by atoms with E-state index in [1.54, 1.807) is 23.3 Å². The van der Waals surface area contributed by atoms with Crippen molar-refractivity contribution in [3.05, 3.63) is 48.0 Å². The zero-order valence-corrected chi connectivity index (χ0v) is 9.63. The molecule has 2 aromatic rings. The third kappa shape index (κ3) is 3.41. The smallest absolute Gasteiger partial charge is 0.224 e. The lowest BCUT2D eigenvalue weighted by atomic mass is 10.2. The average Bonchev–Trinajstić information content (AvgIpc) is 2.74. The summed E-state index contributed by atoms with van der Waals surface area (Å²) in [6, 6.07) is 3.67. The van der Waals surface area contributed by atoms with E-state index in [2.05, 4.69) is 15.4 Å². The first-order valence-corrected chi connectivity index (χ1v) is 5.37. The molecule has 0 saturated carbocycles. The number of carbonyl (C=O) groups excluding carboxylic acids is 1. The first kappa shape index (κ1) is 11.3. The van der Waals surface area contributed by atoms with Gasteiger partial charge in [0.25, 0.3) is 0 Å². The maximum absolute atomic E-state index is 11.6. The van der Waals surface area contributed by atoms with Gasteiger partial charge >= 0.3 is 0 Å². The zero-order valence-electron chi connectivity index (χ0n) is 9.63. The predicted octanol–water partition coefficient (Wildman–Crippen LogP) is 0.674. The number of amides is 1. The fraction of sp³-hybridized carbons (Fsp3) is 0.250. The molecular weight excluding hydrogens is 216 g/mol. The van der Waals surface area contributed by atoms with E-state index in [0.717, 1.165) is 11.1 Å². The Morgan fingerprint density at radius 2 is 2.12 bits per heavy atom. The van der Waals surface area contributed by atoms with Gasteiger partial charge in [-0.25, -0.2) is 0 Å². The summed E-state index contributed by atoms with van der Waals surface area (Å²) in [7, 11) is 1.85. The van der Waals surface area contributed by atoms with Gasteiger partial charge in [-0.1, -0.05) is 0 Å². The lowest BCUT2D eigenvalue weighted by Gasteiger charge is -2.03. The molecular formula is C12H14N4O. The summed E-state index contributed by atoms with van der Waals surface area (Å²) in [5, 5.41) is 6.88. The molecule has 0 unspecified atom stereocenters. The van der Waals surface area contributed by atoms with E-state index in [9.17, 15) is 4.79 Å². The lowest BCUT2D eigenvalue weighted by molar-refractivity contribution is -0.120. The molecule has 0 radical (unpaired) electrons. The SMILES string of the molecule is Cn1cc(CNC(=O)Cc2ccncc2)cn1. The Morgan fingerprint density at radius 1 is 1.35 bits per heavy atom. The van der Waals surface area contributed by atoms with Crippen molar-refractivity contribution in [2.45, 2.75) is 13.0 Å². The van der Waals surface area contributed by atoms with Gasteiger partial charge in [0.1, 0.15) is 0 Å². The molecule has 1 amide bonds. The Labute approximate surface area is 99.5 Å². The van der Waals surface area contributed by atoms with Crippen molar-refractivity contribution < 1.29 is 4.79 Å². The normalized spacial score (nSPS) is 10.2. The highest BCUT2D eigenvalue weighted by Crippen LogP contribution is 1.99. The predicted molar refractivity (Wildman–Crippen MR) is 63.0 cm³/mol. The molecule has 0 aliphatic rings. The largest absolute Gasteiger partial charge is 0.352 e. The molecule has 5 nitrogen and oxygen atoms in total. The van der Waals surface area contributed by atoms with Crippen molar-refractivity contribution in [3.63, 3.8) is 0 Å². The summed E-state index contributed by atoms with van der Waals surface area (Å²) in [6.45, 7) is 0.512. The second-order valence-electron chi connectivity index (χ2n) is 3.83. The highest BCUT2D eigenvalue weighted by Gasteiger charge is 2.03. The Morgan fingerprint density at radius 3 is 2.76 bits per heavy atom. The van der Waals surface area contributed by atoms with Gasteiger partial charge in [0.05, 0.1) is 12.6 Å². The fourth-order valence-corrected chi connectivity index (χ4v) is 1.51. The molecule has 0 fully saturated rings. The summed E-state index contributed by atoms with van der Waals surface area (Å²) >= 11 is 0. The Bertz CT molecular complexity index is 492. The maximum atomic E-state index is 11.6. The first-order valence-electron chi connectivity index (χ1n) is 5.37. The molecule has 2 aromatic heterocycles. The van der Waals surface area contributed by atoms with Crippen LogP contribution in [0.3, 0.4) is 0 Å². The minimum Gasteiger partial charge on any atom is -0.352 e. The van der Waals surface area contributed by atoms with Crippen molar-refractivity contribution in [1.82, 2.24) is 20.1 Å². The van der Waals surface area contributed by atoms with E-state index in [1.165, 1.54) is 0 Å². The van der Waals surface area contributed by atoms with E-state index in [0.29, 0.717) is 13.0 Å². The average molecular weight is 230 g/mol. The first-order chi connectivity index (χ1) is 8.24. The quantitative estimate of drug-likeness (QED) is 0.840. The second kappa shape index (κ2) is 5.25. The Balaban J connectivity index is 1.82. The summed E-state index contributed by atoms with van der Waals surface area (Å²) in [5.74, 6) is 0.0000491. The molecule has 0 saturated heterocycles. The number of aromatic nitrogens is 3. The molecule has 0 aromatic carbocycles. The Kier molecular flexibility index (Phi) is 3.49. The third-order valence-electron chi connectivity index (χ3n) is 2.36. The van der Waals surface area contributed by atoms with Gasteiger partial charge in [-0.05, 0) is 17.7 Å². The minimum absolute atomic E-state index is 0.0000491. The molecule has 0 aliphatic carbocycles. The monoisotopic (exact) mass is 230 g/mol. The maximum Gasteiger partial charge on any atom is 0.224 e. The van der Waals surface area contributed by atoms with Crippen LogP contribution in [0.5, 0.6) is 0 Å². The van der Waals surface area contributed by atoms with Gasteiger partial charge < -0.3 is 5.32 Å². The van der Waals surface area contributed by atoms with Crippen LogP contribution in [0.25, 0.3) is 0 Å². The zero-order chi connectivity index (χ0) is 12.1. The van der Waals surface area contributed by atoms with Crippen LogP contribution in [0.1, 0.15) is 11.1 Å². The molecule has 0 spiro atoms. The van der Waals surface area contributed by atoms with Gasteiger partial charge in [-0.3, -0.25) is 14.5 Å². The molecule has 0 aliphatic heterocycles. The second-order valence-corrected chi connectivity index (χ2v) is 3.83. The van der Waals surface area contributed by atoms with Crippen LogP contribution in [0.4, 0.5) is 0 Å². The lowest BCUT2D eigenvalue weighted by Crippen LogP contribution is -2.24. The van der Waals surface area contributed by atoms with Gasteiger partial charge in [-0.15, -0.1) is 0 Å². The summed E-state index contributed by atoms with van der Waals surface area (Å²) in [4.78, 5) is 15.5. The number of pyridine rings is 1. The summed E-state index contributed by atoms with van der Waals surface area (Å²) in [5.41, 5.74) is 1.96. The van der Waals surface area contributed by atoms with Crippen LogP contribution in [-0.4, -0.2) is 20.7 Å². The molecule has 2 rings (SSSR count). The minimum atomic E-state index is 0.0000491. The number of rotatable bonds is 4. The molecule has 0 atom stereocenters. The number of carbonyl (C=O) groups is 1. The van der Waals surface area contributed by atoms with Crippen LogP contribution in [-0.2, 0) is 24.8 Å². The van der Waals surface area contributed by atoms with Crippen LogP contribution in [0.15, 0.2) is 36.9 Å². The van der Waals surface area contributed by atoms with Gasteiger partial charge in [0, 0.05) is 37.7 Å². The number of nitrogens with one attached hydrogen (secondary N) is 1. The van der Waals surface area contributed by atoms with Crippen molar-refractivity contribution in [3.8, 4) is 0 Å². The highest BCUT2D eigenvalue weighted by molar-refractivity contribution is 5.78. The van der Waals surface area contributed by atoms with Crippen molar-refractivity contribution in [2.75, 3.05) is 0 Å². The molecule has 0 bridgehead atoms. The number of nitrogens with zero attached hydrogens (tertiary/aromatic N) is 3. The fourth-order valence-electron chi connectivity index (χ4n) is 1.51. The van der Waals surface area contributed by atoms with Gasteiger partial charge in [-0.2, -0.15) is 5.10 Å². The van der Waals surface area contributed by atoms with E-state index in [-0.39, 0.29) is 5.91 Å². The van der Waals surface area contributed by atoms with Crippen LogP contribution >= 0.6 is 0 Å². The van der Waals surface area contributed by atoms with E-state index >= 15 is 0 Å². The molecule has 1 N–H and O–H groups in total. The van der Waals surface area contributed by atoms with Crippen LogP contribution in [0.2, 0.25) is 0 Å². The molecule has 2 heterocycles. The van der Waals surface area contributed by atoms with E-state index < -0.39 is 0 Å². The number of hydrogen-bond acceptors (Lipinski definition) is 3. The van der Waals surface area contributed by atoms with Crippen molar-refractivity contribution >= 4 is 5.91 Å².